The van der Waals surface area contributed by atoms with Crippen LogP contribution in [0.5, 0.6) is 0 Å². The van der Waals surface area contributed by atoms with Gasteiger partial charge in [-0.2, -0.15) is 5.10 Å². The van der Waals surface area contributed by atoms with E-state index in [2.05, 4.69) is 25.9 Å². The van der Waals surface area contributed by atoms with Crippen molar-refractivity contribution in [3.63, 3.8) is 0 Å². The van der Waals surface area contributed by atoms with Crippen LogP contribution in [0.1, 0.15) is 11.4 Å². The second-order valence-electron chi connectivity index (χ2n) is 4.04. The van der Waals surface area contributed by atoms with Crippen LogP contribution in [0.3, 0.4) is 0 Å². The number of hydrogen-bond donors (Lipinski definition) is 1. The number of hydrogen-bond acceptors (Lipinski definition) is 4. The standard InChI is InChI=1S/C11H20BrN3O2/c1-9-11(12)10(15(3)13-9)8-14(2)4-6-17-7-5-16/h16H,4-8H2,1-3H3. The minimum absolute atomic E-state index is 0.0796. The summed E-state index contributed by atoms with van der Waals surface area (Å²) in [6.45, 7) is 4.75. The zero-order chi connectivity index (χ0) is 12.8. The third-order valence-electron chi connectivity index (χ3n) is 2.53. The van der Waals surface area contributed by atoms with Gasteiger partial charge < -0.3 is 9.84 Å². The first-order valence-corrected chi connectivity index (χ1v) is 6.40. The van der Waals surface area contributed by atoms with E-state index in [4.69, 9.17) is 9.84 Å². The Morgan fingerprint density at radius 2 is 2.18 bits per heavy atom. The molecule has 6 heteroatoms. The van der Waals surface area contributed by atoms with Crippen molar-refractivity contribution in [3.05, 3.63) is 15.9 Å². The van der Waals surface area contributed by atoms with Gasteiger partial charge in [-0.05, 0) is 29.9 Å². The van der Waals surface area contributed by atoms with Crippen molar-refractivity contribution < 1.29 is 9.84 Å². The van der Waals surface area contributed by atoms with E-state index in [-0.39, 0.29) is 6.61 Å². The van der Waals surface area contributed by atoms with Gasteiger partial charge in [-0.1, -0.05) is 0 Å². The minimum Gasteiger partial charge on any atom is -0.394 e. The predicted molar refractivity (Wildman–Crippen MR) is 69.9 cm³/mol. The van der Waals surface area contributed by atoms with E-state index in [9.17, 15) is 0 Å². The second-order valence-corrected chi connectivity index (χ2v) is 4.84. The van der Waals surface area contributed by atoms with Crippen molar-refractivity contribution in [2.45, 2.75) is 13.5 Å². The molecule has 0 amide bonds. The van der Waals surface area contributed by atoms with E-state index >= 15 is 0 Å². The van der Waals surface area contributed by atoms with E-state index in [0.29, 0.717) is 13.2 Å². The molecule has 1 N–H and O–H groups in total. The molecule has 1 rings (SSSR count). The van der Waals surface area contributed by atoms with Crippen LogP contribution in [-0.2, 0) is 18.3 Å². The number of ether oxygens (including phenoxy) is 1. The fraction of sp³-hybridized carbons (Fsp3) is 0.727. The average molecular weight is 306 g/mol. The van der Waals surface area contributed by atoms with Gasteiger partial charge in [-0.3, -0.25) is 9.58 Å². The Bertz CT molecular complexity index is 355. The fourth-order valence-electron chi connectivity index (χ4n) is 1.57. The molecule has 0 bridgehead atoms. The molecule has 0 unspecified atom stereocenters. The summed E-state index contributed by atoms with van der Waals surface area (Å²) in [6.07, 6.45) is 0. The largest absolute Gasteiger partial charge is 0.394 e. The molecule has 0 saturated heterocycles. The number of aliphatic hydroxyl groups excluding tert-OH is 1. The van der Waals surface area contributed by atoms with Crippen molar-refractivity contribution in [2.24, 2.45) is 7.05 Å². The van der Waals surface area contributed by atoms with Crippen LogP contribution in [-0.4, -0.2) is 53.2 Å². The van der Waals surface area contributed by atoms with Gasteiger partial charge in [0.1, 0.15) is 0 Å². The molecule has 0 aromatic carbocycles. The molecule has 0 aliphatic carbocycles. The van der Waals surface area contributed by atoms with Crippen LogP contribution in [0.4, 0.5) is 0 Å². The molecule has 0 spiro atoms. The van der Waals surface area contributed by atoms with E-state index in [1.165, 1.54) is 0 Å². The number of aromatic nitrogens is 2. The lowest BCUT2D eigenvalue weighted by Crippen LogP contribution is -2.24. The fourth-order valence-corrected chi connectivity index (χ4v) is 2.03. The Morgan fingerprint density at radius 3 is 2.71 bits per heavy atom. The summed E-state index contributed by atoms with van der Waals surface area (Å²) in [5.41, 5.74) is 2.17. The maximum atomic E-state index is 8.59. The van der Waals surface area contributed by atoms with E-state index in [1.807, 2.05) is 25.7 Å². The van der Waals surface area contributed by atoms with Gasteiger partial charge in [0.2, 0.25) is 0 Å². The monoisotopic (exact) mass is 305 g/mol. The lowest BCUT2D eigenvalue weighted by molar-refractivity contribution is 0.0769. The molecule has 1 aromatic heterocycles. The zero-order valence-electron chi connectivity index (χ0n) is 10.6. The third-order valence-corrected chi connectivity index (χ3v) is 3.57. The number of halogens is 1. The Hall–Kier alpha value is -0.430. The van der Waals surface area contributed by atoms with Gasteiger partial charge in [0.05, 0.1) is 35.7 Å². The highest BCUT2D eigenvalue weighted by molar-refractivity contribution is 9.10. The van der Waals surface area contributed by atoms with Crippen molar-refractivity contribution in [1.29, 1.82) is 0 Å². The molecule has 0 atom stereocenters. The van der Waals surface area contributed by atoms with Crippen molar-refractivity contribution in [2.75, 3.05) is 33.4 Å². The minimum atomic E-state index is 0.0796. The molecular formula is C11H20BrN3O2. The van der Waals surface area contributed by atoms with Gasteiger partial charge in [0, 0.05) is 20.1 Å². The van der Waals surface area contributed by atoms with E-state index < -0.39 is 0 Å². The summed E-state index contributed by atoms with van der Waals surface area (Å²) in [6, 6.07) is 0. The average Bonchev–Trinajstić information content (AvgIpc) is 2.52. The van der Waals surface area contributed by atoms with Gasteiger partial charge in [0.15, 0.2) is 0 Å². The smallest absolute Gasteiger partial charge is 0.0739 e. The molecule has 98 valence electrons. The highest BCUT2D eigenvalue weighted by atomic mass is 79.9. The molecule has 0 saturated carbocycles. The van der Waals surface area contributed by atoms with Crippen LogP contribution in [0.15, 0.2) is 4.47 Å². The molecule has 17 heavy (non-hydrogen) atoms. The first-order valence-electron chi connectivity index (χ1n) is 5.61. The summed E-state index contributed by atoms with van der Waals surface area (Å²) >= 11 is 3.55. The molecule has 0 radical (unpaired) electrons. The topological polar surface area (TPSA) is 50.5 Å². The molecule has 5 nitrogen and oxygen atoms in total. The number of aliphatic hydroxyl groups is 1. The number of likely N-dealkylation sites (N-methyl/N-ethyl adjacent to an activating group) is 1. The lowest BCUT2D eigenvalue weighted by Gasteiger charge is -2.16. The van der Waals surface area contributed by atoms with Crippen LogP contribution >= 0.6 is 15.9 Å². The molecule has 0 aliphatic heterocycles. The first-order chi connectivity index (χ1) is 8.06. The molecule has 1 aromatic rings. The molecule has 0 fully saturated rings. The van der Waals surface area contributed by atoms with Crippen LogP contribution in [0.2, 0.25) is 0 Å². The highest BCUT2D eigenvalue weighted by Crippen LogP contribution is 2.21. The van der Waals surface area contributed by atoms with Crippen molar-refractivity contribution in [3.8, 4) is 0 Å². The van der Waals surface area contributed by atoms with E-state index in [0.717, 1.165) is 29.0 Å². The highest BCUT2D eigenvalue weighted by Gasteiger charge is 2.12. The Labute approximate surface area is 110 Å². The number of nitrogens with zero attached hydrogens (tertiary/aromatic N) is 3. The normalized spacial score (nSPS) is 11.4. The van der Waals surface area contributed by atoms with Gasteiger partial charge in [0.25, 0.3) is 0 Å². The quantitative estimate of drug-likeness (QED) is 0.762. The maximum absolute atomic E-state index is 8.59. The van der Waals surface area contributed by atoms with Crippen LogP contribution in [0.25, 0.3) is 0 Å². The summed E-state index contributed by atoms with van der Waals surface area (Å²) in [5, 5.41) is 12.9. The molecule has 1 heterocycles. The Morgan fingerprint density at radius 1 is 1.47 bits per heavy atom. The predicted octanol–water partition coefficient (Wildman–Crippen LogP) is 0.932. The molecule has 0 aliphatic rings. The summed E-state index contributed by atoms with van der Waals surface area (Å²) in [7, 11) is 3.99. The van der Waals surface area contributed by atoms with Crippen molar-refractivity contribution >= 4 is 15.9 Å². The Balaban J connectivity index is 2.42. The maximum Gasteiger partial charge on any atom is 0.0739 e. The SMILES string of the molecule is Cc1nn(C)c(CN(C)CCOCCO)c1Br. The van der Waals surface area contributed by atoms with Crippen LogP contribution in [0, 0.1) is 6.92 Å². The van der Waals surface area contributed by atoms with Crippen molar-refractivity contribution in [1.82, 2.24) is 14.7 Å². The third kappa shape index (κ3) is 4.39. The van der Waals surface area contributed by atoms with Crippen LogP contribution < -0.4 is 0 Å². The second kappa shape index (κ2) is 7.10. The Kier molecular flexibility index (Phi) is 6.11. The molecular weight excluding hydrogens is 286 g/mol. The number of rotatable bonds is 7. The number of aryl methyl sites for hydroxylation is 2. The van der Waals surface area contributed by atoms with Gasteiger partial charge in [-0.25, -0.2) is 0 Å². The summed E-state index contributed by atoms with van der Waals surface area (Å²) < 4.78 is 8.20. The lowest BCUT2D eigenvalue weighted by atomic mass is 10.3. The summed E-state index contributed by atoms with van der Waals surface area (Å²) in [4.78, 5) is 2.17. The van der Waals surface area contributed by atoms with Gasteiger partial charge in [-0.15, -0.1) is 0 Å². The summed E-state index contributed by atoms with van der Waals surface area (Å²) in [5.74, 6) is 0. The zero-order valence-corrected chi connectivity index (χ0v) is 12.2. The van der Waals surface area contributed by atoms with E-state index in [1.54, 1.807) is 0 Å². The van der Waals surface area contributed by atoms with Gasteiger partial charge >= 0.3 is 0 Å². The first kappa shape index (κ1) is 14.6.